The number of carbonyl (C=O) groups is 1. The minimum absolute atomic E-state index is 0.101. The lowest BCUT2D eigenvalue weighted by Gasteiger charge is -2.13. The maximum Gasteiger partial charge on any atom is 0.333 e. The summed E-state index contributed by atoms with van der Waals surface area (Å²) in [5.41, 5.74) is -0.213. The highest BCUT2D eigenvalue weighted by Gasteiger charge is 2.07. The highest BCUT2D eigenvalue weighted by molar-refractivity contribution is 5.75. The predicted molar refractivity (Wildman–Crippen MR) is 75.1 cm³/mol. The molecule has 102 valence electrons. The van der Waals surface area contributed by atoms with E-state index in [1.54, 1.807) is 43.9 Å². The average Bonchev–Trinajstić information content (AvgIpc) is 2.75. The van der Waals surface area contributed by atoms with Crippen LogP contribution in [0.1, 0.15) is 13.8 Å². The van der Waals surface area contributed by atoms with Gasteiger partial charge in [0.25, 0.3) is 0 Å². The molecule has 6 nitrogen and oxygen atoms in total. The summed E-state index contributed by atoms with van der Waals surface area (Å²) in [6.45, 7) is 7.26. The summed E-state index contributed by atoms with van der Waals surface area (Å²) in [6.07, 6.45) is 11.3. The molecule has 19 heavy (non-hydrogen) atoms. The Morgan fingerprint density at radius 1 is 1.42 bits per heavy atom. The monoisotopic (exact) mass is 262 g/mol. The van der Waals surface area contributed by atoms with E-state index in [1.165, 1.54) is 20.2 Å². The first-order chi connectivity index (χ1) is 9.13. The Hall–Kier alpha value is -2.50. The van der Waals surface area contributed by atoms with Crippen molar-refractivity contribution < 1.29 is 4.79 Å². The predicted octanol–water partition coefficient (Wildman–Crippen LogP) is 1.79. The molecule has 0 radical (unpaired) electrons. The summed E-state index contributed by atoms with van der Waals surface area (Å²) in [5.74, 6) is 0. The Balaban J connectivity index is 2.69. The van der Waals surface area contributed by atoms with E-state index in [2.05, 4.69) is 11.9 Å². The number of carbonyl (C=O) groups excluding carboxylic acids is 1. The smallest absolute Gasteiger partial charge is 0.319 e. The molecule has 0 spiro atoms. The van der Waals surface area contributed by atoms with E-state index < -0.39 is 0 Å². The van der Waals surface area contributed by atoms with Crippen molar-refractivity contribution in [3.63, 3.8) is 0 Å². The van der Waals surface area contributed by atoms with Gasteiger partial charge < -0.3 is 5.32 Å². The fraction of sp³-hybridized carbons (Fsp3) is 0.231. The molecule has 0 atom stereocenters. The minimum Gasteiger partial charge on any atom is -0.319 e. The highest BCUT2D eigenvalue weighted by atomic mass is 16.2. The molecule has 0 bridgehead atoms. The van der Waals surface area contributed by atoms with E-state index in [-0.39, 0.29) is 18.4 Å². The summed E-state index contributed by atoms with van der Waals surface area (Å²) >= 11 is 0. The van der Waals surface area contributed by atoms with Crippen molar-refractivity contribution in [1.29, 1.82) is 0 Å². The van der Waals surface area contributed by atoms with E-state index >= 15 is 0 Å². The minimum atomic E-state index is -0.348. The topological polar surface area (TPSA) is 59.3 Å². The number of urea groups is 1. The standard InChI is InChI=1S/C13H18N4O2/c1-4-7-15(6-3)12(18)14-11-17-10-9-16(8-5-2)13(17)19/h4-10H,3,11H2,1-2H3,(H,14,18)/b7-4+,8-5+. The Morgan fingerprint density at radius 2 is 2.16 bits per heavy atom. The van der Waals surface area contributed by atoms with Crippen molar-refractivity contribution in [1.82, 2.24) is 19.4 Å². The zero-order valence-corrected chi connectivity index (χ0v) is 11.1. The second kappa shape index (κ2) is 7.05. The molecule has 0 saturated heterocycles. The lowest BCUT2D eigenvalue weighted by Crippen LogP contribution is -2.37. The third-order valence-corrected chi connectivity index (χ3v) is 2.32. The second-order valence-electron chi connectivity index (χ2n) is 3.65. The molecule has 1 aromatic heterocycles. The van der Waals surface area contributed by atoms with Crippen molar-refractivity contribution in [2.45, 2.75) is 20.5 Å². The van der Waals surface area contributed by atoms with Gasteiger partial charge in [-0.1, -0.05) is 18.7 Å². The van der Waals surface area contributed by atoms with Gasteiger partial charge in [-0.3, -0.25) is 14.0 Å². The van der Waals surface area contributed by atoms with Crippen molar-refractivity contribution in [3.8, 4) is 0 Å². The van der Waals surface area contributed by atoms with Gasteiger partial charge in [0.05, 0.1) is 0 Å². The van der Waals surface area contributed by atoms with Crippen LogP contribution in [-0.4, -0.2) is 20.1 Å². The van der Waals surface area contributed by atoms with Gasteiger partial charge in [-0.25, -0.2) is 9.59 Å². The third kappa shape index (κ3) is 3.74. The van der Waals surface area contributed by atoms with Crippen molar-refractivity contribution in [2.75, 3.05) is 0 Å². The Labute approximate surface area is 111 Å². The molecule has 1 N–H and O–H groups in total. The van der Waals surface area contributed by atoms with Gasteiger partial charge in [0.1, 0.15) is 6.67 Å². The van der Waals surface area contributed by atoms with Crippen LogP contribution in [0.25, 0.3) is 6.20 Å². The van der Waals surface area contributed by atoms with Gasteiger partial charge >= 0.3 is 11.7 Å². The van der Waals surface area contributed by atoms with Gasteiger partial charge in [0.2, 0.25) is 0 Å². The Morgan fingerprint density at radius 3 is 2.74 bits per heavy atom. The van der Waals surface area contributed by atoms with E-state index in [4.69, 9.17) is 0 Å². The summed E-state index contributed by atoms with van der Waals surface area (Å²) in [6, 6.07) is -0.348. The fourth-order valence-corrected chi connectivity index (χ4v) is 1.44. The first-order valence-corrected chi connectivity index (χ1v) is 5.85. The van der Waals surface area contributed by atoms with Crippen LogP contribution in [-0.2, 0) is 6.67 Å². The molecular formula is C13H18N4O2. The molecule has 0 unspecified atom stereocenters. The maximum absolute atomic E-state index is 11.8. The zero-order chi connectivity index (χ0) is 14.3. The number of hydrogen-bond acceptors (Lipinski definition) is 2. The molecule has 0 aromatic carbocycles. The second-order valence-corrected chi connectivity index (χ2v) is 3.65. The number of rotatable bonds is 5. The summed E-state index contributed by atoms with van der Waals surface area (Å²) in [7, 11) is 0. The number of allylic oxidation sites excluding steroid dienone is 2. The molecule has 6 heteroatoms. The Bertz CT molecular complexity index is 551. The third-order valence-electron chi connectivity index (χ3n) is 2.32. The average molecular weight is 262 g/mol. The van der Waals surface area contributed by atoms with E-state index in [0.717, 1.165) is 0 Å². The summed E-state index contributed by atoms with van der Waals surface area (Å²) in [5, 5.41) is 2.62. The van der Waals surface area contributed by atoms with Crippen LogP contribution in [0.3, 0.4) is 0 Å². The molecule has 0 saturated carbocycles. The number of imidazole rings is 1. The molecule has 1 heterocycles. The van der Waals surface area contributed by atoms with E-state index in [9.17, 15) is 9.59 Å². The number of nitrogens with zero attached hydrogens (tertiary/aromatic N) is 3. The fourth-order valence-electron chi connectivity index (χ4n) is 1.44. The molecular weight excluding hydrogens is 244 g/mol. The van der Waals surface area contributed by atoms with E-state index in [1.807, 2.05) is 6.92 Å². The van der Waals surface area contributed by atoms with Crippen LogP contribution in [0.4, 0.5) is 4.79 Å². The number of hydrogen-bond donors (Lipinski definition) is 1. The van der Waals surface area contributed by atoms with Crippen LogP contribution >= 0.6 is 0 Å². The number of aromatic nitrogens is 2. The van der Waals surface area contributed by atoms with Crippen molar-refractivity contribution in [2.24, 2.45) is 0 Å². The first kappa shape index (κ1) is 14.6. The zero-order valence-electron chi connectivity index (χ0n) is 11.1. The van der Waals surface area contributed by atoms with Crippen molar-refractivity contribution in [3.05, 3.63) is 54.0 Å². The number of nitrogens with one attached hydrogen (secondary N) is 1. The van der Waals surface area contributed by atoms with Gasteiger partial charge in [0.15, 0.2) is 0 Å². The van der Waals surface area contributed by atoms with Crippen LogP contribution in [0.5, 0.6) is 0 Å². The van der Waals surface area contributed by atoms with Gasteiger partial charge in [-0.15, -0.1) is 0 Å². The lowest BCUT2D eigenvalue weighted by molar-refractivity contribution is 0.223. The molecule has 0 aliphatic rings. The molecule has 0 fully saturated rings. The summed E-state index contributed by atoms with van der Waals surface area (Å²) < 4.78 is 2.83. The van der Waals surface area contributed by atoms with Gasteiger partial charge in [-0.05, 0) is 13.8 Å². The largest absolute Gasteiger partial charge is 0.333 e. The summed E-state index contributed by atoms with van der Waals surface area (Å²) in [4.78, 5) is 24.8. The van der Waals surface area contributed by atoms with Gasteiger partial charge in [0, 0.05) is 31.0 Å². The van der Waals surface area contributed by atoms with Crippen molar-refractivity contribution >= 4 is 12.2 Å². The molecule has 2 amide bonds. The van der Waals surface area contributed by atoms with Crippen LogP contribution < -0.4 is 11.0 Å². The normalized spacial score (nSPS) is 11.1. The Kier molecular flexibility index (Phi) is 5.40. The first-order valence-electron chi connectivity index (χ1n) is 5.85. The van der Waals surface area contributed by atoms with Crippen LogP contribution in [0, 0.1) is 0 Å². The number of amides is 2. The molecule has 0 aliphatic carbocycles. The molecule has 0 aliphatic heterocycles. The highest BCUT2D eigenvalue weighted by Crippen LogP contribution is 1.92. The molecule has 1 rings (SSSR count). The lowest BCUT2D eigenvalue weighted by atomic mass is 10.6. The van der Waals surface area contributed by atoms with Crippen LogP contribution in [0.15, 0.2) is 48.3 Å². The SMILES string of the molecule is C=CN(/C=C/C)C(=O)NCn1ccn(/C=C/C)c1=O. The van der Waals surface area contributed by atoms with E-state index in [0.29, 0.717) is 0 Å². The van der Waals surface area contributed by atoms with Gasteiger partial charge in [-0.2, -0.15) is 0 Å². The quantitative estimate of drug-likeness (QED) is 0.879. The maximum atomic E-state index is 11.8. The van der Waals surface area contributed by atoms with Crippen LogP contribution in [0.2, 0.25) is 0 Å². The molecule has 1 aromatic rings.